The summed E-state index contributed by atoms with van der Waals surface area (Å²) in [6, 6.07) is 0. The van der Waals surface area contributed by atoms with E-state index < -0.39 is 11.9 Å². The minimum Gasteiger partial charge on any atom is -0.435 e. The van der Waals surface area contributed by atoms with Crippen LogP contribution in [0.1, 0.15) is 26.7 Å². The van der Waals surface area contributed by atoms with Crippen molar-refractivity contribution >= 4 is 18.6 Å². The van der Waals surface area contributed by atoms with E-state index in [4.69, 9.17) is 20.0 Å². The lowest BCUT2D eigenvalue weighted by molar-refractivity contribution is -0.192. The van der Waals surface area contributed by atoms with Gasteiger partial charge in [0.05, 0.1) is 13.2 Å². The molecule has 2 N–H and O–H groups in total. The van der Waals surface area contributed by atoms with E-state index in [1.807, 2.05) is 12.0 Å². The Hall–Kier alpha value is -0.560. The van der Waals surface area contributed by atoms with Crippen LogP contribution in [-0.4, -0.2) is 43.2 Å². The van der Waals surface area contributed by atoms with Crippen LogP contribution in [0, 0.1) is 0 Å². The van der Waals surface area contributed by atoms with Crippen molar-refractivity contribution in [1.29, 1.82) is 0 Å². The van der Waals surface area contributed by atoms with Crippen LogP contribution in [-0.2, 0) is 14.3 Å². The van der Waals surface area contributed by atoms with Crippen molar-refractivity contribution in [1.82, 2.24) is 5.06 Å². The van der Waals surface area contributed by atoms with Gasteiger partial charge in [-0.1, -0.05) is 0 Å². The first-order valence-electron chi connectivity index (χ1n) is 5.62. The fraction of sp³-hybridized carbons (Fsp3) is 0.900. The van der Waals surface area contributed by atoms with Gasteiger partial charge in [-0.05, 0) is 13.8 Å². The molecule has 102 valence electrons. The quantitative estimate of drug-likeness (QED) is 0.612. The third-order valence-corrected chi connectivity index (χ3v) is 2.43. The van der Waals surface area contributed by atoms with Gasteiger partial charge in [0.25, 0.3) is 0 Å². The lowest BCUT2D eigenvalue weighted by Gasteiger charge is -2.37. The molecular formula is C10H21ClN2O4. The van der Waals surface area contributed by atoms with Gasteiger partial charge >= 0.3 is 6.16 Å². The topological polar surface area (TPSA) is 74.0 Å². The van der Waals surface area contributed by atoms with Gasteiger partial charge in [-0.3, -0.25) is 10.6 Å². The molecule has 6 nitrogen and oxygen atoms in total. The maximum Gasteiger partial charge on any atom is 0.510 e. The molecule has 1 aliphatic heterocycles. The zero-order chi connectivity index (χ0) is 12.0. The number of piperidine rings is 1. The molecule has 0 radical (unpaired) electrons. The lowest BCUT2D eigenvalue weighted by atomic mass is 10.0. The molecule has 0 saturated carbocycles. The first kappa shape index (κ1) is 16.4. The Morgan fingerprint density at radius 3 is 2.35 bits per heavy atom. The van der Waals surface area contributed by atoms with E-state index in [0.717, 1.165) is 0 Å². The van der Waals surface area contributed by atoms with Crippen LogP contribution >= 0.6 is 12.4 Å². The highest BCUT2D eigenvalue weighted by Gasteiger charge is 2.35. The van der Waals surface area contributed by atoms with E-state index in [1.165, 1.54) is 0 Å². The number of hydrogen-bond acceptors (Lipinski definition) is 6. The molecule has 0 aromatic carbocycles. The van der Waals surface area contributed by atoms with Crippen molar-refractivity contribution in [2.75, 3.05) is 26.3 Å². The molecule has 1 heterocycles. The summed E-state index contributed by atoms with van der Waals surface area (Å²) < 4.78 is 9.78. The standard InChI is InChI=1S/C10H20N2O4.ClH/c1-3-14-9(13)16-10(11)5-7-12(8-6-10)15-4-2;/h3-8,11H2,1-2H3;1H. The zero-order valence-corrected chi connectivity index (χ0v) is 11.1. The van der Waals surface area contributed by atoms with Crippen molar-refractivity contribution < 1.29 is 19.1 Å². The summed E-state index contributed by atoms with van der Waals surface area (Å²) in [7, 11) is 0. The summed E-state index contributed by atoms with van der Waals surface area (Å²) in [5.41, 5.74) is 5.03. The van der Waals surface area contributed by atoms with Gasteiger partial charge in [0.2, 0.25) is 0 Å². The average Bonchev–Trinajstić information content (AvgIpc) is 2.22. The van der Waals surface area contributed by atoms with Gasteiger partial charge in [-0.15, -0.1) is 12.4 Å². The molecule has 1 rings (SSSR count). The Morgan fingerprint density at radius 2 is 1.88 bits per heavy atom. The first-order valence-corrected chi connectivity index (χ1v) is 5.62. The first-order chi connectivity index (χ1) is 7.59. The van der Waals surface area contributed by atoms with E-state index in [1.54, 1.807) is 6.92 Å². The largest absolute Gasteiger partial charge is 0.510 e. The number of rotatable bonds is 4. The molecule has 0 bridgehead atoms. The van der Waals surface area contributed by atoms with Crippen molar-refractivity contribution in [3.05, 3.63) is 0 Å². The van der Waals surface area contributed by atoms with E-state index in [-0.39, 0.29) is 12.4 Å². The number of carbonyl (C=O) groups is 1. The highest BCUT2D eigenvalue weighted by Crippen LogP contribution is 2.21. The number of carbonyl (C=O) groups excluding carboxylic acids is 1. The number of hydrogen-bond donors (Lipinski definition) is 1. The summed E-state index contributed by atoms with van der Waals surface area (Å²) in [5.74, 6) is 0. The molecule has 1 saturated heterocycles. The third kappa shape index (κ3) is 5.54. The van der Waals surface area contributed by atoms with E-state index in [2.05, 4.69) is 0 Å². The molecule has 0 aliphatic carbocycles. The number of halogens is 1. The summed E-state index contributed by atoms with van der Waals surface area (Å²) >= 11 is 0. The van der Waals surface area contributed by atoms with Crippen LogP contribution in [0.2, 0.25) is 0 Å². The van der Waals surface area contributed by atoms with Gasteiger partial charge in [-0.25, -0.2) is 4.79 Å². The third-order valence-electron chi connectivity index (χ3n) is 2.43. The number of hydroxylamine groups is 2. The molecule has 17 heavy (non-hydrogen) atoms. The molecule has 0 amide bonds. The van der Waals surface area contributed by atoms with Crippen LogP contribution in [0.25, 0.3) is 0 Å². The fourth-order valence-electron chi connectivity index (χ4n) is 1.59. The van der Waals surface area contributed by atoms with Crippen LogP contribution in [0.3, 0.4) is 0 Å². The van der Waals surface area contributed by atoms with E-state index in [0.29, 0.717) is 39.1 Å². The summed E-state index contributed by atoms with van der Waals surface area (Å²) in [6.45, 7) is 5.89. The van der Waals surface area contributed by atoms with Gasteiger partial charge in [-0.2, -0.15) is 5.06 Å². The average molecular weight is 269 g/mol. The number of nitrogens with two attached hydrogens (primary N) is 1. The highest BCUT2D eigenvalue weighted by molar-refractivity contribution is 5.85. The predicted molar refractivity (Wildman–Crippen MR) is 64.7 cm³/mol. The Kier molecular flexibility index (Phi) is 7.45. The van der Waals surface area contributed by atoms with Crippen LogP contribution in [0.4, 0.5) is 4.79 Å². The van der Waals surface area contributed by atoms with Gasteiger partial charge in [0.15, 0.2) is 5.72 Å². The maximum absolute atomic E-state index is 11.2. The second-order valence-corrected chi connectivity index (χ2v) is 3.70. The molecule has 7 heteroatoms. The molecule has 1 fully saturated rings. The Morgan fingerprint density at radius 1 is 1.29 bits per heavy atom. The number of nitrogens with zero attached hydrogens (tertiary/aromatic N) is 1. The minimum atomic E-state index is -0.917. The zero-order valence-electron chi connectivity index (χ0n) is 10.3. The maximum atomic E-state index is 11.2. The monoisotopic (exact) mass is 268 g/mol. The highest BCUT2D eigenvalue weighted by atomic mass is 35.5. The predicted octanol–water partition coefficient (Wildman–Crippen LogP) is 1.28. The summed E-state index contributed by atoms with van der Waals surface area (Å²) in [5, 5.41) is 1.83. The molecule has 0 unspecified atom stereocenters. The van der Waals surface area contributed by atoms with Gasteiger partial charge in [0.1, 0.15) is 0 Å². The Balaban J connectivity index is 0.00000256. The van der Waals surface area contributed by atoms with Crippen molar-refractivity contribution in [2.45, 2.75) is 32.4 Å². The molecule has 0 spiro atoms. The summed E-state index contributed by atoms with van der Waals surface area (Å²) in [4.78, 5) is 16.5. The SMILES string of the molecule is CCOC(=O)OC1(N)CCN(OCC)CC1.Cl. The van der Waals surface area contributed by atoms with Crippen molar-refractivity contribution in [2.24, 2.45) is 5.73 Å². The molecule has 0 aromatic heterocycles. The molecule has 1 aliphatic rings. The smallest absolute Gasteiger partial charge is 0.435 e. The summed E-state index contributed by atoms with van der Waals surface area (Å²) in [6.07, 6.45) is 0.396. The minimum absolute atomic E-state index is 0. The lowest BCUT2D eigenvalue weighted by Crippen LogP contribution is -2.53. The van der Waals surface area contributed by atoms with E-state index in [9.17, 15) is 4.79 Å². The second-order valence-electron chi connectivity index (χ2n) is 3.70. The molecule has 0 atom stereocenters. The van der Waals surface area contributed by atoms with Crippen LogP contribution in [0.15, 0.2) is 0 Å². The molecule has 0 aromatic rings. The fourth-order valence-corrected chi connectivity index (χ4v) is 1.59. The Labute approximate surface area is 108 Å². The van der Waals surface area contributed by atoms with Gasteiger partial charge < -0.3 is 9.47 Å². The van der Waals surface area contributed by atoms with Crippen molar-refractivity contribution in [3.63, 3.8) is 0 Å². The van der Waals surface area contributed by atoms with Gasteiger partial charge in [0, 0.05) is 25.9 Å². The van der Waals surface area contributed by atoms with Crippen molar-refractivity contribution in [3.8, 4) is 0 Å². The van der Waals surface area contributed by atoms with Crippen LogP contribution in [0.5, 0.6) is 0 Å². The van der Waals surface area contributed by atoms with E-state index >= 15 is 0 Å². The van der Waals surface area contributed by atoms with Crippen LogP contribution < -0.4 is 5.73 Å². The number of ether oxygens (including phenoxy) is 2. The second kappa shape index (κ2) is 7.71. The normalized spacial score (nSPS) is 19.2. The molecular weight excluding hydrogens is 248 g/mol. The Bertz CT molecular complexity index is 232.